The van der Waals surface area contributed by atoms with Crippen LogP contribution in [-0.4, -0.2) is 4.98 Å². The first-order valence-electron chi connectivity index (χ1n) is 6.23. The Bertz CT molecular complexity index is 863. The van der Waals surface area contributed by atoms with E-state index < -0.39 is 0 Å². The molecule has 1 heterocycles. The molecule has 0 amide bonds. The maximum atomic E-state index is 4.37. The highest BCUT2D eigenvalue weighted by atomic mass is 32.1. The van der Waals surface area contributed by atoms with Gasteiger partial charge in [-0.2, -0.15) is 0 Å². The minimum absolute atomic E-state index is 1.08. The fourth-order valence-corrected chi connectivity index (χ4v) is 3.07. The van der Waals surface area contributed by atoms with Crippen LogP contribution >= 0.6 is 11.3 Å². The third kappa shape index (κ3) is 1.81. The first-order chi connectivity index (χ1) is 9.40. The van der Waals surface area contributed by atoms with Gasteiger partial charge in [0.1, 0.15) is 5.01 Å². The van der Waals surface area contributed by atoms with Gasteiger partial charge < -0.3 is 0 Å². The van der Waals surface area contributed by atoms with E-state index in [1.54, 1.807) is 11.3 Å². The lowest BCUT2D eigenvalue weighted by atomic mass is 10.0. The van der Waals surface area contributed by atoms with Crippen LogP contribution in [0.1, 0.15) is 0 Å². The van der Waals surface area contributed by atoms with E-state index in [1.807, 2.05) is 11.6 Å². The van der Waals surface area contributed by atoms with Crippen LogP contribution in [-0.2, 0) is 0 Å². The molecule has 0 bridgehead atoms. The summed E-state index contributed by atoms with van der Waals surface area (Å²) in [7, 11) is 0. The number of benzene rings is 3. The zero-order valence-corrected chi connectivity index (χ0v) is 11.0. The van der Waals surface area contributed by atoms with Crippen LogP contribution in [0.3, 0.4) is 0 Å². The Morgan fingerprint density at radius 3 is 2.21 bits per heavy atom. The van der Waals surface area contributed by atoms with Crippen LogP contribution < -0.4 is 0 Å². The zero-order chi connectivity index (χ0) is 12.7. The van der Waals surface area contributed by atoms with Crippen LogP contribution in [0.25, 0.3) is 32.1 Å². The van der Waals surface area contributed by atoms with Crippen molar-refractivity contribution in [3.8, 4) is 10.6 Å². The van der Waals surface area contributed by atoms with Crippen molar-refractivity contribution >= 4 is 32.9 Å². The Balaban J connectivity index is 2.00. The van der Waals surface area contributed by atoms with Gasteiger partial charge in [-0.3, -0.25) is 0 Å². The van der Waals surface area contributed by atoms with Gasteiger partial charge in [0.25, 0.3) is 0 Å². The third-order valence-corrected chi connectivity index (χ3v) is 4.21. The number of rotatable bonds is 1. The molecule has 0 aliphatic carbocycles. The van der Waals surface area contributed by atoms with Crippen molar-refractivity contribution in [1.82, 2.24) is 4.98 Å². The molecule has 0 saturated carbocycles. The standard InChI is InChI=1S/C17H11NS/c1-2-4-13-10-16-11-15(17-18-7-8-19-17)6-5-14(16)9-12(13)3-1/h1-11H. The molecule has 0 spiro atoms. The molecule has 0 unspecified atom stereocenters. The highest BCUT2D eigenvalue weighted by Crippen LogP contribution is 2.28. The molecule has 0 aliphatic rings. The van der Waals surface area contributed by atoms with Gasteiger partial charge in [0.2, 0.25) is 0 Å². The molecule has 0 saturated heterocycles. The summed E-state index contributed by atoms with van der Waals surface area (Å²) in [4.78, 5) is 4.37. The molecule has 0 atom stereocenters. The number of hydrogen-bond acceptors (Lipinski definition) is 2. The van der Waals surface area contributed by atoms with Gasteiger partial charge in [-0.05, 0) is 39.7 Å². The summed E-state index contributed by atoms with van der Waals surface area (Å²) in [5.41, 5.74) is 1.19. The Labute approximate surface area is 115 Å². The summed E-state index contributed by atoms with van der Waals surface area (Å²) in [6.07, 6.45) is 1.85. The molecule has 1 aromatic heterocycles. The van der Waals surface area contributed by atoms with Crippen molar-refractivity contribution in [2.75, 3.05) is 0 Å². The minimum atomic E-state index is 1.08. The number of fused-ring (bicyclic) bond motifs is 2. The van der Waals surface area contributed by atoms with E-state index in [1.165, 1.54) is 27.1 Å². The van der Waals surface area contributed by atoms with Crippen LogP contribution in [0.2, 0.25) is 0 Å². The second kappa shape index (κ2) is 4.18. The fourth-order valence-electron chi connectivity index (χ4n) is 2.44. The average Bonchev–Trinajstić information content (AvgIpc) is 2.98. The smallest absolute Gasteiger partial charge is 0.123 e. The average molecular weight is 261 g/mol. The third-order valence-electron chi connectivity index (χ3n) is 3.38. The molecule has 0 N–H and O–H groups in total. The summed E-state index contributed by atoms with van der Waals surface area (Å²) in [6.45, 7) is 0. The maximum absolute atomic E-state index is 4.37. The summed E-state index contributed by atoms with van der Waals surface area (Å²) in [5, 5.41) is 8.21. The predicted molar refractivity (Wildman–Crippen MR) is 82.6 cm³/mol. The lowest BCUT2D eigenvalue weighted by Gasteiger charge is -2.04. The first-order valence-corrected chi connectivity index (χ1v) is 7.10. The van der Waals surface area contributed by atoms with Crippen LogP contribution in [0.15, 0.2) is 66.2 Å². The molecule has 0 aliphatic heterocycles. The van der Waals surface area contributed by atoms with E-state index in [9.17, 15) is 0 Å². The Morgan fingerprint density at radius 2 is 1.47 bits per heavy atom. The first kappa shape index (κ1) is 10.7. The van der Waals surface area contributed by atoms with Gasteiger partial charge in [-0.1, -0.05) is 36.4 Å². The summed E-state index contributed by atoms with van der Waals surface area (Å²) < 4.78 is 0. The topological polar surface area (TPSA) is 12.9 Å². The quantitative estimate of drug-likeness (QED) is 0.433. The second-order valence-corrected chi connectivity index (χ2v) is 5.49. The highest BCUT2D eigenvalue weighted by molar-refractivity contribution is 7.13. The van der Waals surface area contributed by atoms with Crippen molar-refractivity contribution in [3.05, 3.63) is 66.2 Å². The van der Waals surface area contributed by atoms with E-state index in [2.05, 4.69) is 59.6 Å². The Morgan fingerprint density at radius 1 is 0.737 bits per heavy atom. The van der Waals surface area contributed by atoms with E-state index >= 15 is 0 Å². The van der Waals surface area contributed by atoms with Gasteiger partial charge in [-0.25, -0.2) is 4.98 Å². The molecule has 90 valence electrons. The lowest BCUT2D eigenvalue weighted by molar-refractivity contribution is 1.42. The zero-order valence-electron chi connectivity index (χ0n) is 10.2. The van der Waals surface area contributed by atoms with Crippen LogP contribution in [0.4, 0.5) is 0 Å². The van der Waals surface area contributed by atoms with E-state index in [0.29, 0.717) is 0 Å². The van der Waals surface area contributed by atoms with Gasteiger partial charge in [0.05, 0.1) is 0 Å². The maximum Gasteiger partial charge on any atom is 0.123 e. The Hall–Kier alpha value is -2.19. The minimum Gasteiger partial charge on any atom is -0.245 e. The molecule has 2 heteroatoms. The van der Waals surface area contributed by atoms with Gasteiger partial charge in [0, 0.05) is 17.1 Å². The number of nitrogens with zero attached hydrogens (tertiary/aromatic N) is 1. The van der Waals surface area contributed by atoms with Crippen molar-refractivity contribution in [3.63, 3.8) is 0 Å². The summed E-state index contributed by atoms with van der Waals surface area (Å²) in [5.74, 6) is 0. The number of thiazole rings is 1. The highest BCUT2D eigenvalue weighted by Gasteiger charge is 2.03. The van der Waals surface area contributed by atoms with Gasteiger partial charge >= 0.3 is 0 Å². The molecule has 0 radical (unpaired) electrons. The number of aromatic nitrogens is 1. The van der Waals surface area contributed by atoms with Crippen molar-refractivity contribution in [2.45, 2.75) is 0 Å². The molecular weight excluding hydrogens is 250 g/mol. The lowest BCUT2D eigenvalue weighted by Crippen LogP contribution is -1.79. The fraction of sp³-hybridized carbons (Fsp3) is 0. The monoisotopic (exact) mass is 261 g/mol. The van der Waals surface area contributed by atoms with Crippen LogP contribution in [0, 0.1) is 0 Å². The molecule has 4 aromatic rings. The second-order valence-electron chi connectivity index (χ2n) is 4.60. The summed E-state index contributed by atoms with van der Waals surface area (Å²) in [6, 6.07) is 19.5. The molecule has 1 nitrogen and oxygen atoms in total. The predicted octanol–water partition coefficient (Wildman–Crippen LogP) is 5.12. The molecule has 0 fully saturated rings. The SMILES string of the molecule is c1ccc2cc3cc(-c4nccs4)ccc3cc2c1. The van der Waals surface area contributed by atoms with Crippen molar-refractivity contribution in [2.24, 2.45) is 0 Å². The van der Waals surface area contributed by atoms with Gasteiger partial charge in [-0.15, -0.1) is 11.3 Å². The molecule has 4 rings (SSSR count). The van der Waals surface area contributed by atoms with Gasteiger partial charge in [0.15, 0.2) is 0 Å². The largest absolute Gasteiger partial charge is 0.245 e. The van der Waals surface area contributed by atoms with E-state index in [-0.39, 0.29) is 0 Å². The molecular formula is C17H11NS. The van der Waals surface area contributed by atoms with Crippen LogP contribution in [0.5, 0.6) is 0 Å². The molecule has 3 aromatic carbocycles. The number of hydrogen-bond donors (Lipinski definition) is 0. The van der Waals surface area contributed by atoms with Crippen molar-refractivity contribution < 1.29 is 0 Å². The van der Waals surface area contributed by atoms with E-state index in [4.69, 9.17) is 0 Å². The normalized spacial score (nSPS) is 11.2. The Kier molecular flexibility index (Phi) is 2.35. The van der Waals surface area contributed by atoms with E-state index in [0.717, 1.165) is 5.01 Å². The molecule has 19 heavy (non-hydrogen) atoms. The summed E-state index contributed by atoms with van der Waals surface area (Å²) >= 11 is 1.68. The van der Waals surface area contributed by atoms with Crippen molar-refractivity contribution in [1.29, 1.82) is 0 Å².